The Morgan fingerprint density at radius 2 is 2.00 bits per heavy atom. The Labute approximate surface area is 96.9 Å². The van der Waals surface area contributed by atoms with E-state index in [0.29, 0.717) is 0 Å². The first-order chi connectivity index (χ1) is 7.53. The van der Waals surface area contributed by atoms with Crippen molar-refractivity contribution in [1.82, 2.24) is 0 Å². The smallest absolute Gasteiger partial charge is 0.330 e. The lowest BCUT2D eigenvalue weighted by molar-refractivity contribution is -0.150. The lowest BCUT2D eigenvalue weighted by atomic mass is 9.98. The second kappa shape index (κ2) is 5.50. The van der Waals surface area contributed by atoms with Crippen LogP contribution in [-0.4, -0.2) is 11.6 Å². The molecular weight excluding hydrogens is 200 g/mol. The van der Waals surface area contributed by atoms with Gasteiger partial charge >= 0.3 is 5.97 Å². The molecule has 0 aromatic heterocycles. The van der Waals surface area contributed by atoms with Crippen LogP contribution >= 0.6 is 0 Å². The van der Waals surface area contributed by atoms with Crippen LogP contribution in [0.5, 0.6) is 0 Å². The van der Waals surface area contributed by atoms with Crippen LogP contribution in [0.25, 0.3) is 0 Å². The number of carbonyl (C=O) groups is 1. The zero-order valence-electron chi connectivity index (χ0n) is 9.90. The summed E-state index contributed by atoms with van der Waals surface area (Å²) in [5.74, 6) is -0.363. The molecule has 0 unspecified atom stereocenters. The Kier molecular flexibility index (Phi) is 4.29. The van der Waals surface area contributed by atoms with Crippen LogP contribution in [0, 0.1) is 0 Å². The maximum atomic E-state index is 11.1. The normalized spacial score (nSPS) is 10.9. The SMILES string of the molecule is C=CC(=O)OC(C)(C)CCc1ccccc1. The number of benzene rings is 1. The first-order valence-electron chi connectivity index (χ1n) is 5.43. The monoisotopic (exact) mass is 218 g/mol. The van der Waals surface area contributed by atoms with Crippen molar-refractivity contribution < 1.29 is 9.53 Å². The molecule has 1 aromatic rings. The van der Waals surface area contributed by atoms with E-state index in [4.69, 9.17) is 4.74 Å². The summed E-state index contributed by atoms with van der Waals surface area (Å²) in [6.45, 7) is 7.22. The van der Waals surface area contributed by atoms with Crippen LogP contribution in [0.2, 0.25) is 0 Å². The molecule has 1 rings (SSSR count). The van der Waals surface area contributed by atoms with Crippen LogP contribution in [0.1, 0.15) is 25.8 Å². The molecule has 86 valence electrons. The summed E-state index contributed by atoms with van der Waals surface area (Å²) in [7, 11) is 0. The van der Waals surface area contributed by atoms with E-state index in [2.05, 4.69) is 18.7 Å². The number of rotatable bonds is 5. The van der Waals surface area contributed by atoms with Crippen LogP contribution in [0.4, 0.5) is 0 Å². The average Bonchev–Trinajstić information content (AvgIpc) is 2.27. The fraction of sp³-hybridized carbons (Fsp3) is 0.357. The largest absolute Gasteiger partial charge is 0.457 e. The number of esters is 1. The van der Waals surface area contributed by atoms with E-state index < -0.39 is 5.60 Å². The quantitative estimate of drug-likeness (QED) is 0.560. The molecule has 0 bridgehead atoms. The highest BCUT2D eigenvalue weighted by molar-refractivity contribution is 5.81. The van der Waals surface area contributed by atoms with E-state index in [-0.39, 0.29) is 5.97 Å². The highest BCUT2D eigenvalue weighted by atomic mass is 16.6. The van der Waals surface area contributed by atoms with Crippen molar-refractivity contribution in [2.24, 2.45) is 0 Å². The molecule has 0 aliphatic carbocycles. The number of ether oxygens (including phenoxy) is 1. The van der Waals surface area contributed by atoms with Crippen LogP contribution in [0.15, 0.2) is 43.0 Å². The Hall–Kier alpha value is -1.57. The third-order valence-corrected chi connectivity index (χ3v) is 2.40. The van der Waals surface area contributed by atoms with Gasteiger partial charge in [0, 0.05) is 6.08 Å². The van der Waals surface area contributed by atoms with E-state index in [1.807, 2.05) is 32.0 Å². The Balaban J connectivity index is 2.47. The van der Waals surface area contributed by atoms with Gasteiger partial charge in [-0.1, -0.05) is 36.9 Å². The molecule has 0 saturated carbocycles. The number of hydrogen-bond donors (Lipinski definition) is 0. The van der Waals surface area contributed by atoms with Crippen molar-refractivity contribution in [3.63, 3.8) is 0 Å². The lowest BCUT2D eigenvalue weighted by Crippen LogP contribution is -2.27. The number of hydrogen-bond acceptors (Lipinski definition) is 2. The van der Waals surface area contributed by atoms with Gasteiger partial charge in [-0.3, -0.25) is 0 Å². The molecule has 0 heterocycles. The van der Waals surface area contributed by atoms with E-state index >= 15 is 0 Å². The molecule has 2 nitrogen and oxygen atoms in total. The average molecular weight is 218 g/mol. The first-order valence-corrected chi connectivity index (χ1v) is 5.43. The summed E-state index contributed by atoms with van der Waals surface area (Å²) in [6, 6.07) is 10.2. The zero-order chi connectivity index (χ0) is 12.0. The minimum Gasteiger partial charge on any atom is -0.457 e. The molecular formula is C14H18O2. The van der Waals surface area contributed by atoms with Gasteiger partial charge in [0.1, 0.15) is 5.60 Å². The third kappa shape index (κ3) is 4.30. The van der Waals surface area contributed by atoms with Gasteiger partial charge in [-0.25, -0.2) is 4.79 Å². The molecule has 0 atom stereocenters. The van der Waals surface area contributed by atoms with Crippen molar-refractivity contribution >= 4 is 5.97 Å². The van der Waals surface area contributed by atoms with Gasteiger partial charge in [-0.15, -0.1) is 0 Å². The Bertz CT molecular complexity index is 352. The summed E-state index contributed by atoms with van der Waals surface area (Å²) < 4.78 is 5.25. The van der Waals surface area contributed by atoms with Gasteiger partial charge in [0.2, 0.25) is 0 Å². The van der Waals surface area contributed by atoms with Crippen molar-refractivity contribution in [2.45, 2.75) is 32.3 Å². The van der Waals surface area contributed by atoms with Crippen LogP contribution in [0.3, 0.4) is 0 Å². The predicted octanol–water partition coefficient (Wildman–Crippen LogP) is 3.13. The second-order valence-electron chi connectivity index (χ2n) is 4.37. The van der Waals surface area contributed by atoms with Crippen molar-refractivity contribution in [2.75, 3.05) is 0 Å². The van der Waals surface area contributed by atoms with Gasteiger partial charge < -0.3 is 4.74 Å². The van der Waals surface area contributed by atoms with Crippen molar-refractivity contribution in [1.29, 1.82) is 0 Å². The molecule has 1 aromatic carbocycles. The fourth-order valence-electron chi connectivity index (χ4n) is 1.46. The van der Waals surface area contributed by atoms with Gasteiger partial charge in [0.25, 0.3) is 0 Å². The third-order valence-electron chi connectivity index (χ3n) is 2.40. The summed E-state index contributed by atoms with van der Waals surface area (Å²) in [6.07, 6.45) is 2.90. The summed E-state index contributed by atoms with van der Waals surface area (Å²) in [5, 5.41) is 0. The molecule has 0 fully saturated rings. The molecule has 0 amide bonds. The molecule has 16 heavy (non-hydrogen) atoms. The van der Waals surface area contributed by atoms with Gasteiger partial charge in [-0.2, -0.15) is 0 Å². The molecule has 0 aliphatic heterocycles. The molecule has 2 heteroatoms. The topological polar surface area (TPSA) is 26.3 Å². The highest BCUT2D eigenvalue weighted by Crippen LogP contribution is 2.18. The number of aryl methyl sites for hydroxylation is 1. The van der Waals surface area contributed by atoms with E-state index in [1.165, 1.54) is 11.6 Å². The molecule has 0 saturated heterocycles. The minimum atomic E-state index is -0.443. The van der Waals surface area contributed by atoms with Gasteiger partial charge in [0.15, 0.2) is 0 Å². The minimum absolute atomic E-state index is 0.363. The summed E-state index contributed by atoms with van der Waals surface area (Å²) in [5.41, 5.74) is 0.812. The zero-order valence-corrected chi connectivity index (χ0v) is 9.90. The van der Waals surface area contributed by atoms with E-state index in [9.17, 15) is 4.79 Å². The maximum absolute atomic E-state index is 11.1. The highest BCUT2D eigenvalue weighted by Gasteiger charge is 2.21. The second-order valence-corrected chi connectivity index (χ2v) is 4.37. The maximum Gasteiger partial charge on any atom is 0.330 e. The van der Waals surface area contributed by atoms with Crippen LogP contribution < -0.4 is 0 Å². The standard InChI is InChI=1S/C14H18O2/c1-4-13(15)16-14(2,3)11-10-12-8-6-5-7-9-12/h4-9H,1,10-11H2,2-3H3. The Morgan fingerprint density at radius 1 is 1.38 bits per heavy atom. The van der Waals surface area contributed by atoms with E-state index in [0.717, 1.165) is 12.8 Å². The first kappa shape index (κ1) is 12.5. The molecule has 0 N–H and O–H groups in total. The molecule has 0 aliphatic rings. The van der Waals surface area contributed by atoms with Crippen molar-refractivity contribution in [3.8, 4) is 0 Å². The fourth-order valence-corrected chi connectivity index (χ4v) is 1.46. The lowest BCUT2D eigenvalue weighted by Gasteiger charge is -2.24. The summed E-state index contributed by atoms with van der Waals surface area (Å²) in [4.78, 5) is 11.1. The predicted molar refractivity (Wildman–Crippen MR) is 65.1 cm³/mol. The van der Waals surface area contributed by atoms with Crippen LogP contribution in [-0.2, 0) is 16.0 Å². The Morgan fingerprint density at radius 3 is 2.56 bits per heavy atom. The van der Waals surface area contributed by atoms with Gasteiger partial charge in [0.05, 0.1) is 0 Å². The molecule has 0 spiro atoms. The molecule has 0 radical (unpaired) electrons. The number of carbonyl (C=O) groups excluding carboxylic acids is 1. The van der Waals surface area contributed by atoms with E-state index in [1.54, 1.807) is 0 Å². The van der Waals surface area contributed by atoms with Gasteiger partial charge in [-0.05, 0) is 32.3 Å². The van der Waals surface area contributed by atoms with Crippen molar-refractivity contribution in [3.05, 3.63) is 48.6 Å². The summed E-state index contributed by atoms with van der Waals surface area (Å²) >= 11 is 0.